The average Bonchev–Trinajstić information content (AvgIpc) is 3.35. The number of hydrogen-bond acceptors (Lipinski definition) is 5. The lowest BCUT2D eigenvalue weighted by Gasteiger charge is -2.32. The topological polar surface area (TPSA) is 71.8 Å². The third kappa shape index (κ3) is 3.77. The van der Waals surface area contributed by atoms with Crippen LogP contribution in [0.15, 0.2) is 18.6 Å². The van der Waals surface area contributed by atoms with Crippen LogP contribution in [0.5, 0.6) is 0 Å². The van der Waals surface area contributed by atoms with Gasteiger partial charge >= 0.3 is 0 Å². The Morgan fingerprint density at radius 3 is 2.92 bits per heavy atom. The lowest BCUT2D eigenvalue weighted by molar-refractivity contribution is -0.123. The van der Waals surface area contributed by atoms with Crippen molar-refractivity contribution in [1.29, 1.82) is 0 Å². The van der Waals surface area contributed by atoms with Crippen LogP contribution in [-0.4, -0.2) is 26.7 Å². The molecule has 3 heterocycles. The lowest BCUT2D eigenvalue weighted by Crippen LogP contribution is -2.48. The van der Waals surface area contributed by atoms with Crippen LogP contribution in [-0.2, 0) is 18.4 Å². The zero-order valence-corrected chi connectivity index (χ0v) is 15.4. The highest BCUT2D eigenvalue weighted by molar-refractivity contribution is 7.11. The summed E-state index contributed by atoms with van der Waals surface area (Å²) in [5.41, 5.74) is 1.06. The molecule has 2 aliphatic rings. The number of carbonyl (C=O) groups excluding carboxylic acids is 1. The number of piperidine rings is 1. The molecule has 7 heteroatoms. The molecule has 0 aromatic carbocycles. The first-order valence-electron chi connectivity index (χ1n) is 9.15. The van der Waals surface area contributed by atoms with Crippen molar-refractivity contribution in [1.82, 2.24) is 25.4 Å². The van der Waals surface area contributed by atoms with E-state index in [1.165, 1.54) is 35.6 Å². The van der Waals surface area contributed by atoms with E-state index in [2.05, 4.69) is 20.7 Å². The lowest BCUT2D eigenvalue weighted by atomic mass is 9.94. The van der Waals surface area contributed by atoms with Crippen molar-refractivity contribution >= 4 is 17.2 Å². The summed E-state index contributed by atoms with van der Waals surface area (Å²) in [4.78, 5) is 17.8. The van der Waals surface area contributed by atoms with Crippen LogP contribution in [0.2, 0.25) is 0 Å². The largest absolute Gasteiger partial charge is 0.348 e. The maximum absolute atomic E-state index is 11.8. The summed E-state index contributed by atoms with van der Waals surface area (Å²) in [5, 5.41) is 12.3. The van der Waals surface area contributed by atoms with Gasteiger partial charge in [0.25, 0.3) is 0 Å². The molecule has 2 fully saturated rings. The van der Waals surface area contributed by atoms with E-state index in [1.54, 1.807) is 4.68 Å². The molecular formula is C18H25N5OS. The van der Waals surface area contributed by atoms with E-state index in [-0.39, 0.29) is 18.0 Å². The zero-order chi connectivity index (χ0) is 17.2. The number of rotatable bonds is 5. The number of hydrogen-bond donors (Lipinski definition) is 2. The van der Waals surface area contributed by atoms with Gasteiger partial charge < -0.3 is 10.6 Å². The quantitative estimate of drug-likeness (QED) is 0.861. The Labute approximate surface area is 152 Å². The predicted octanol–water partition coefficient (Wildman–Crippen LogP) is 2.64. The molecule has 1 amide bonds. The van der Waals surface area contributed by atoms with Gasteiger partial charge in [0.2, 0.25) is 5.91 Å². The maximum atomic E-state index is 11.8. The Hall–Kier alpha value is -1.73. The van der Waals surface area contributed by atoms with Crippen molar-refractivity contribution < 1.29 is 4.79 Å². The smallest absolute Gasteiger partial charge is 0.220 e. The van der Waals surface area contributed by atoms with E-state index in [1.807, 2.05) is 37.0 Å². The van der Waals surface area contributed by atoms with Crippen LogP contribution in [0, 0.1) is 0 Å². The Kier molecular flexibility index (Phi) is 4.85. The minimum atomic E-state index is -0.0165. The normalized spacial score (nSPS) is 24.6. The third-order valence-electron chi connectivity index (χ3n) is 5.30. The van der Waals surface area contributed by atoms with Gasteiger partial charge in [-0.1, -0.05) is 12.8 Å². The van der Waals surface area contributed by atoms with Crippen molar-refractivity contribution in [2.45, 2.75) is 63.1 Å². The predicted molar refractivity (Wildman–Crippen MR) is 97.3 cm³/mol. The summed E-state index contributed by atoms with van der Waals surface area (Å²) in [5.74, 6) is 0.795. The van der Waals surface area contributed by atoms with Gasteiger partial charge in [0, 0.05) is 54.8 Å². The molecule has 2 atom stereocenters. The molecule has 2 aromatic heterocycles. The molecule has 0 bridgehead atoms. The van der Waals surface area contributed by atoms with Crippen molar-refractivity contribution in [3.05, 3.63) is 34.0 Å². The van der Waals surface area contributed by atoms with Crippen molar-refractivity contribution in [2.75, 3.05) is 0 Å². The average molecular weight is 359 g/mol. The van der Waals surface area contributed by atoms with Crippen molar-refractivity contribution in [2.24, 2.45) is 7.05 Å². The van der Waals surface area contributed by atoms with Crippen LogP contribution < -0.4 is 10.6 Å². The molecule has 6 nitrogen and oxygen atoms in total. The van der Waals surface area contributed by atoms with Crippen LogP contribution in [0.1, 0.15) is 65.9 Å². The number of carbonyl (C=O) groups is 1. The fourth-order valence-corrected chi connectivity index (χ4v) is 4.97. The van der Waals surface area contributed by atoms with Gasteiger partial charge in [-0.2, -0.15) is 5.10 Å². The molecule has 2 aromatic rings. The standard InChI is InChI=1S/C18H25N5OS/c1-23-11-13(8-21-23)17-15(6-7-16(24)22-17)19-9-14-10-20-18(25-14)12-4-2-3-5-12/h8,10-12,15,17,19H,2-7,9H2,1H3,(H,22,24)/t15-,17+/m1/s1. The third-order valence-corrected chi connectivity index (χ3v) is 6.46. The van der Waals surface area contributed by atoms with Gasteiger partial charge in [-0.25, -0.2) is 4.98 Å². The van der Waals surface area contributed by atoms with E-state index in [0.29, 0.717) is 12.3 Å². The second kappa shape index (κ2) is 7.25. The van der Waals surface area contributed by atoms with Gasteiger partial charge in [-0.3, -0.25) is 9.48 Å². The number of aryl methyl sites for hydroxylation is 1. The number of thiazole rings is 1. The highest BCUT2D eigenvalue weighted by atomic mass is 32.1. The summed E-state index contributed by atoms with van der Waals surface area (Å²) in [7, 11) is 1.90. The minimum Gasteiger partial charge on any atom is -0.348 e. The highest BCUT2D eigenvalue weighted by Gasteiger charge is 2.30. The summed E-state index contributed by atoms with van der Waals surface area (Å²) in [6.07, 6.45) is 12.5. The Balaban J connectivity index is 1.41. The Bertz CT molecular complexity index is 733. The molecule has 1 aliphatic carbocycles. The van der Waals surface area contributed by atoms with E-state index in [0.717, 1.165) is 18.5 Å². The second-order valence-electron chi connectivity index (χ2n) is 7.16. The molecule has 2 N–H and O–H groups in total. The maximum Gasteiger partial charge on any atom is 0.220 e. The SMILES string of the molecule is Cn1cc([C@@H]2NC(=O)CC[C@H]2NCc2cnc(C3CCCC3)s2)cn1. The van der Waals surface area contributed by atoms with Crippen LogP contribution in [0.3, 0.4) is 0 Å². The fourth-order valence-electron chi connectivity index (χ4n) is 3.93. The van der Waals surface area contributed by atoms with Gasteiger partial charge in [0.05, 0.1) is 17.2 Å². The van der Waals surface area contributed by atoms with Crippen molar-refractivity contribution in [3.8, 4) is 0 Å². The molecule has 4 rings (SSSR count). The fraction of sp³-hybridized carbons (Fsp3) is 0.611. The molecule has 1 saturated carbocycles. The van der Waals surface area contributed by atoms with Crippen molar-refractivity contribution in [3.63, 3.8) is 0 Å². The number of aromatic nitrogens is 3. The minimum absolute atomic E-state index is 0.0165. The summed E-state index contributed by atoms with van der Waals surface area (Å²) in [6, 6.07) is 0.205. The molecule has 0 spiro atoms. The molecule has 0 radical (unpaired) electrons. The summed E-state index contributed by atoms with van der Waals surface area (Å²) in [6.45, 7) is 0.807. The first-order chi connectivity index (χ1) is 12.2. The summed E-state index contributed by atoms with van der Waals surface area (Å²) >= 11 is 1.84. The van der Waals surface area contributed by atoms with E-state index >= 15 is 0 Å². The van der Waals surface area contributed by atoms with Gasteiger partial charge in [-0.15, -0.1) is 11.3 Å². The van der Waals surface area contributed by atoms with E-state index < -0.39 is 0 Å². The molecular weight excluding hydrogens is 334 g/mol. The summed E-state index contributed by atoms with van der Waals surface area (Å²) < 4.78 is 1.78. The zero-order valence-electron chi connectivity index (χ0n) is 14.6. The number of nitrogens with one attached hydrogen (secondary N) is 2. The Morgan fingerprint density at radius 1 is 1.32 bits per heavy atom. The number of amides is 1. The molecule has 25 heavy (non-hydrogen) atoms. The van der Waals surface area contributed by atoms with Crippen LogP contribution in [0.25, 0.3) is 0 Å². The van der Waals surface area contributed by atoms with Crippen LogP contribution in [0.4, 0.5) is 0 Å². The molecule has 1 saturated heterocycles. The second-order valence-corrected chi connectivity index (χ2v) is 8.31. The monoisotopic (exact) mass is 359 g/mol. The molecule has 134 valence electrons. The van der Waals surface area contributed by atoms with Gasteiger partial charge in [-0.05, 0) is 19.3 Å². The van der Waals surface area contributed by atoms with Crippen LogP contribution >= 0.6 is 11.3 Å². The molecule has 0 unspecified atom stereocenters. The van der Waals surface area contributed by atoms with Gasteiger partial charge in [0.1, 0.15) is 0 Å². The first-order valence-corrected chi connectivity index (χ1v) is 9.96. The van der Waals surface area contributed by atoms with E-state index in [9.17, 15) is 4.79 Å². The van der Waals surface area contributed by atoms with Gasteiger partial charge in [0.15, 0.2) is 0 Å². The Morgan fingerprint density at radius 2 is 2.16 bits per heavy atom. The first kappa shape index (κ1) is 16.7. The molecule has 1 aliphatic heterocycles. The highest BCUT2D eigenvalue weighted by Crippen LogP contribution is 2.36. The van der Waals surface area contributed by atoms with E-state index in [4.69, 9.17) is 0 Å². The number of nitrogens with zero attached hydrogens (tertiary/aromatic N) is 3.